The number of hydrogen-bond donors (Lipinski definition) is 0. The summed E-state index contributed by atoms with van der Waals surface area (Å²) in [5, 5.41) is 11.5. The molecule has 92 valence electrons. The van der Waals surface area contributed by atoms with E-state index in [1.54, 1.807) is 7.11 Å². The number of rotatable bonds is 5. The molecule has 0 N–H and O–H groups in total. The van der Waals surface area contributed by atoms with Gasteiger partial charge in [0.25, 0.3) is 0 Å². The van der Waals surface area contributed by atoms with Crippen molar-refractivity contribution in [1.82, 2.24) is 4.98 Å². The molecule has 2 rings (SSSR count). The van der Waals surface area contributed by atoms with Crippen LogP contribution in [0, 0.1) is 11.3 Å². The lowest BCUT2D eigenvalue weighted by Gasteiger charge is -2.01. The van der Waals surface area contributed by atoms with Crippen molar-refractivity contribution >= 4 is 11.3 Å². The normalized spacial score (nSPS) is 10.2. The molecule has 0 radical (unpaired) electrons. The van der Waals surface area contributed by atoms with E-state index in [4.69, 9.17) is 10.00 Å². The summed E-state index contributed by atoms with van der Waals surface area (Å²) in [5.41, 5.74) is 3.30. The van der Waals surface area contributed by atoms with Crippen molar-refractivity contribution in [2.24, 2.45) is 0 Å². The van der Waals surface area contributed by atoms with E-state index in [2.05, 4.69) is 35.3 Å². The van der Waals surface area contributed by atoms with Crippen LogP contribution >= 0.6 is 11.3 Å². The number of methoxy groups -OCH3 is 1. The molecular weight excluding hydrogens is 244 g/mol. The monoisotopic (exact) mass is 258 g/mol. The lowest BCUT2D eigenvalue weighted by Crippen LogP contribution is -1.93. The Hall–Kier alpha value is -1.70. The van der Waals surface area contributed by atoms with Crippen LogP contribution < -0.4 is 0 Å². The van der Waals surface area contributed by atoms with E-state index < -0.39 is 0 Å². The van der Waals surface area contributed by atoms with Gasteiger partial charge >= 0.3 is 0 Å². The Labute approximate surface area is 111 Å². The fourth-order valence-electron chi connectivity index (χ4n) is 1.65. The van der Waals surface area contributed by atoms with Gasteiger partial charge in [0.1, 0.15) is 5.01 Å². The molecule has 18 heavy (non-hydrogen) atoms. The van der Waals surface area contributed by atoms with Crippen molar-refractivity contribution in [3.05, 3.63) is 40.2 Å². The maximum atomic E-state index is 8.62. The van der Waals surface area contributed by atoms with Crippen LogP contribution in [0.5, 0.6) is 0 Å². The molecule has 0 atom stereocenters. The standard InChI is InChI=1S/C14H14N2OS/c1-17-9-7-11-2-4-12(5-3-11)13-10-18-14(16-13)6-8-15/h2-5,10H,6-7,9H2,1H3. The predicted octanol–water partition coefficient (Wildman–Crippen LogP) is 3.07. The van der Waals surface area contributed by atoms with E-state index in [9.17, 15) is 0 Å². The third-order valence-corrected chi connectivity index (χ3v) is 3.48. The Balaban J connectivity index is 2.10. The Morgan fingerprint density at radius 3 is 2.78 bits per heavy atom. The predicted molar refractivity (Wildman–Crippen MR) is 72.4 cm³/mol. The quantitative estimate of drug-likeness (QED) is 0.828. The van der Waals surface area contributed by atoms with E-state index in [1.807, 2.05) is 5.38 Å². The van der Waals surface area contributed by atoms with Crippen LogP contribution in [0.3, 0.4) is 0 Å². The van der Waals surface area contributed by atoms with Crippen LogP contribution in [0.4, 0.5) is 0 Å². The van der Waals surface area contributed by atoms with Gasteiger partial charge in [-0.05, 0) is 12.0 Å². The fourth-order valence-corrected chi connectivity index (χ4v) is 2.39. The van der Waals surface area contributed by atoms with Crippen LogP contribution in [0.2, 0.25) is 0 Å². The molecule has 1 aromatic heterocycles. The van der Waals surface area contributed by atoms with Crippen molar-refractivity contribution in [3.63, 3.8) is 0 Å². The van der Waals surface area contributed by atoms with Gasteiger partial charge in [0, 0.05) is 18.1 Å². The molecule has 2 aromatic rings. The number of nitrogens with zero attached hydrogens (tertiary/aromatic N) is 2. The maximum absolute atomic E-state index is 8.62. The molecular formula is C14H14N2OS. The topological polar surface area (TPSA) is 45.9 Å². The molecule has 0 aliphatic heterocycles. The first-order chi connectivity index (χ1) is 8.83. The van der Waals surface area contributed by atoms with Crippen molar-refractivity contribution in [3.8, 4) is 17.3 Å². The number of nitriles is 1. The van der Waals surface area contributed by atoms with Gasteiger partial charge in [-0.2, -0.15) is 5.26 Å². The van der Waals surface area contributed by atoms with E-state index in [0.717, 1.165) is 29.3 Å². The Morgan fingerprint density at radius 1 is 1.33 bits per heavy atom. The Morgan fingerprint density at radius 2 is 2.11 bits per heavy atom. The molecule has 0 saturated heterocycles. The Bertz CT molecular complexity index is 540. The molecule has 0 bridgehead atoms. The summed E-state index contributed by atoms with van der Waals surface area (Å²) in [6.07, 6.45) is 1.31. The molecule has 0 amide bonds. The molecule has 0 spiro atoms. The summed E-state index contributed by atoms with van der Waals surface area (Å²) in [4.78, 5) is 4.43. The smallest absolute Gasteiger partial charge is 0.107 e. The van der Waals surface area contributed by atoms with E-state index in [-0.39, 0.29) is 0 Å². The molecule has 4 heteroatoms. The Kier molecular flexibility index (Phi) is 4.46. The van der Waals surface area contributed by atoms with E-state index in [0.29, 0.717) is 6.42 Å². The first-order valence-corrected chi connectivity index (χ1v) is 6.61. The fraction of sp³-hybridized carbons (Fsp3) is 0.286. The molecule has 1 heterocycles. The summed E-state index contributed by atoms with van der Waals surface area (Å²) >= 11 is 1.53. The minimum Gasteiger partial charge on any atom is -0.384 e. The molecule has 0 saturated carbocycles. The summed E-state index contributed by atoms with van der Waals surface area (Å²) in [5.74, 6) is 0. The molecule has 0 unspecified atom stereocenters. The zero-order valence-corrected chi connectivity index (χ0v) is 11.0. The number of benzene rings is 1. The van der Waals surface area contributed by atoms with Crippen LogP contribution in [-0.4, -0.2) is 18.7 Å². The van der Waals surface area contributed by atoms with Crippen molar-refractivity contribution in [2.75, 3.05) is 13.7 Å². The average molecular weight is 258 g/mol. The number of ether oxygens (including phenoxy) is 1. The maximum Gasteiger partial charge on any atom is 0.107 e. The third kappa shape index (κ3) is 3.16. The summed E-state index contributed by atoms with van der Waals surface area (Å²) in [6, 6.07) is 10.4. The van der Waals surface area contributed by atoms with Gasteiger partial charge < -0.3 is 4.74 Å². The molecule has 0 aliphatic rings. The zero-order chi connectivity index (χ0) is 12.8. The first kappa shape index (κ1) is 12.7. The highest BCUT2D eigenvalue weighted by Gasteiger charge is 2.04. The van der Waals surface area contributed by atoms with Gasteiger partial charge in [-0.15, -0.1) is 11.3 Å². The average Bonchev–Trinajstić information content (AvgIpc) is 2.86. The minimum absolute atomic E-state index is 0.386. The number of thiazole rings is 1. The van der Waals surface area contributed by atoms with Crippen molar-refractivity contribution < 1.29 is 4.74 Å². The second-order valence-electron chi connectivity index (χ2n) is 3.90. The van der Waals surface area contributed by atoms with Gasteiger partial charge in [-0.25, -0.2) is 4.98 Å². The van der Waals surface area contributed by atoms with Gasteiger partial charge in [0.15, 0.2) is 0 Å². The highest BCUT2D eigenvalue weighted by molar-refractivity contribution is 7.10. The number of aromatic nitrogens is 1. The third-order valence-electron chi connectivity index (χ3n) is 2.63. The molecule has 0 aliphatic carbocycles. The SMILES string of the molecule is COCCc1ccc(-c2csc(CC#N)n2)cc1. The lowest BCUT2D eigenvalue weighted by molar-refractivity contribution is 0.202. The first-order valence-electron chi connectivity index (χ1n) is 5.73. The van der Waals surface area contributed by atoms with Crippen LogP contribution in [0.25, 0.3) is 11.3 Å². The minimum atomic E-state index is 0.386. The van der Waals surface area contributed by atoms with Crippen LogP contribution in [0.1, 0.15) is 10.6 Å². The van der Waals surface area contributed by atoms with E-state index in [1.165, 1.54) is 16.9 Å². The molecule has 3 nitrogen and oxygen atoms in total. The second kappa shape index (κ2) is 6.29. The molecule has 1 aromatic carbocycles. The summed E-state index contributed by atoms with van der Waals surface area (Å²) < 4.78 is 5.05. The highest BCUT2D eigenvalue weighted by Crippen LogP contribution is 2.22. The number of hydrogen-bond acceptors (Lipinski definition) is 4. The van der Waals surface area contributed by atoms with Crippen LogP contribution in [0.15, 0.2) is 29.6 Å². The zero-order valence-electron chi connectivity index (χ0n) is 10.2. The molecule has 0 fully saturated rings. The van der Waals surface area contributed by atoms with Gasteiger partial charge in [0.2, 0.25) is 0 Å². The second-order valence-corrected chi connectivity index (χ2v) is 4.84. The van der Waals surface area contributed by atoms with E-state index >= 15 is 0 Å². The van der Waals surface area contributed by atoms with Gasteiger partial charge in [0.05, 0.1) is 24.8 Å². The van der Waals surface area contributed by atoms with Crippen molar-refractivity contribution in [2.45, 2.75) is 12.8 Å². The van der Waals surface area contributed by atoms with Crippen LogP contribution in [-0.2, 0) is 17.6 Å². The largest absolute Gasteiger partial charge is 0.384 e. The van der Waals surface area contributed by atoms with Gasteiger partial charge in [-0.1, -0.05) is 24.3 Å². The summed E-state index contributed by atoms with van der Waals surface area (Å²) in [7, 11) is 1.71. The van der Waals surface area contributed by atoms with Crippen molar-refractivity contribution in [1.29, 1.82) is 5.26 Å². The highest BCUT2D eigenvalue weighted by atomic mass is 32.1. The lowest BCUT2D eigenvalue weighted by atomic mass is 10.1. The summed E-state index contributed by atoms with van der Waals surface area (Å²) in [6.45, 7) is 0.738. The van der Waals surface area contributed by atoms with Gasteiger partial charge in [-0.3, -0.25) is 0 Å².